The molecule has 0 aliphatic rings. The van der Waals surface area contributed by atoms with Crippen LogP contribution in [0, 0.1) is 11.3 Å². The second-order valence-electron chi connectivity index (χ2n) is 4.31. The molecule has 21 heavy (non-hydrogen) atoms. The number of anilines is 2. The number of pyridine rings is 1. The monoisotopic (exact) mass is 279 g/mol. The lowest BCUT2D eigenvalue weighted by Gasteiger charge is -2.20. The topological polar surface area (TPSA) is 77.2 Å². The summed E-state index contributed by atoms with van der Waals surface area (Å²) in [7, 11) is 1.84. The number of rotatable bonds is 4. The molecule has 0 unspecified atom stereocenters. The van der Waals surface area contributed by atoms with E-state index in [0.29, 0.717) is 16.9 Å². The number of carboxylic acids is 1. The molecule has 0 bridgehead atoms. The molecule has 1 N–H and O–H groups in total. The van der Waals surface area contributed by atoms with E-state index in [0.717, 1.165) is 11.8 Å². The predicted molar refractivity (Wildman–Crippen MR) is 80.1 cm³/mol. The standard InChI is InChI=1S/C16H13N3O2/c1-19(14-7-4-12(11-17)5-8-14)16-13(3-2-10-18-16)6-9-15(20)21/h2-10H,1H3,(H,20,21)/b9-6+. The van der Waals surface area contributed by atoms with Crippen LogP contribution in [0.25, 0.3) is 6.08 Å². The molecule has 1 heterocycles. The number of nitrogens with zero attached hydrogens (tertiary/aromatic N) is 3. The molecule has 5 heteroatoms. The number of hydrogen-bond donors (Lipinski definition) is 1. The zero-order valence-electron chi connectivity index (χ0n) is 11.4. The van der Waals surface area contributed by atoms with Crippen molar-refractivity contribution >= 4 is 23.6 Å². The summed E-state index contributed by atoms with van der Waals surface area (Å²) in [4.78, 5) is 16.8. The second kappa shape index (κ2) is 6.35. The van der Waals surface area contributed by atoms with E-state index < -0.39 is 5.97 Å². The Bertz CT molecular complexity index is 715. The van der Waals surface area contributed by atoms with E-state index in [1.165, 1.54) is 6.08 Å². The van der Waals surface area contributed by atoms with E-state index in [2.05, 4.69) is 11.1 Å². The summed E-state index contributed by atoms with van der Waals surface area (Å²) in [5.41, 5.74) is 2.14. The molecule has 0 radical (unpaired) electrons. The van der Waals surface area contributed by atoms with E-state index in [1.807, 2.05) is 24.1 Å². The average molecular weight is 279 g/mol. The lowest BCUT2D eigenvalue weighted by Crippen LogP contribution is -2.12. The number of carbonyl (C=O) groups is 1. The van der Waals surface area contributed by atoms with Crippen molar-refractivity contribution in [3.63, 3.8) is 0 Å². The van der Waals surface area contributed by atoms with Gasteiger partial charge in [0.15, 0.2) is 0 Å². The summed E-state index contributed by atoms with van der Waals surface area (Å²) in [6.45, 7) is 0. The normalized spacial score (nSPS) is 10.3. The Morgan fingerprint density at radius 2 is 2.05 bits per heavy atom. The third-order valence-electron chi connectivity index (χ3n) is 2.92. The van der Waals surface area contributed by atoms with E-state index in [1.54, 1.807) is 30.5 Å². The van der Waals surface area contributed by atoms with Crippen molar-refractivity contribution in [1.82, 2.24) is 4.98 Å². The lowest BCUT2D eigenvalue weighted by molar-refractivity contribution is -0.131. The second-order valence-corrected chi connectivity index (χ2v) is 4.31. The number of hydrogen-bond acceptors (Lipinski definition) is 4. The largest absolute Gasteiger partial charge is 0.478 e. The fraction of sp³-hybridized carbons (Fsp3) is 0.0625. The van der Waals surface area contributed by atoms with Gasteiger partial charge in [-0.2, -0.15) is 5.26 Å². The Morgan fingerprint density at radius 1 is 1.33 bits per heavy atom. The SMILES string of the molecule is CN(c1ccc(C#N)cc1)c1ncccc1/C=C/C(=O)O. The Morgan fingerprint density at radius 3 is 2.67 bits per heavy atom. The van der Waals surface area contributed by atoms with Gasteiger partial charge < -0.3 is 10.0 Å². The zero-order valence-corrected chi connectivity index (χ0v) is 11.4. The van der Waals surface area contributed by atoms with Crippen LogP contribution in [-0.2, 0) is 4.79 Å². The van der Waals surface area contributed by atoms with Gasteiger partial charge in [0.25, 0.3) is 0 Å². The third kappa shape index (κ3) is 3.45. The number of benzene rings is 1. The maximum absolute atomic E-state index is 10.6. The molecule has 104 valence electrons. The first-order chi connectivity index (χ1) is 10.1. The fourth-order valence-corrected chi connectivity index (χ4v) is 1.86. The van der Waals surface area contributed by atoms with E-state index in [4.69, 9.17) is 10.4 Å². The molecule has 1 aromatic carbocycles. The summed E-state index contributed by atoms with van der Waals surface area (Å²) in [6, 6.07) is 12.7. The van der Waals surface area contributed by atoms with Gasteiger partial charge in [0.2, 0.25) is 0 Å². The van der Waals surface area contributed by atoms with Crippen LogP contribution in [0.15, 0.2) is 48.7 Å². The van der Waals surface area contributed by atoms with Gasteiger partial charge in [0.05, 0.1) is 11.6 Å². The first-order valence-corrected chi connectivity index (χ1v) is 6.21. The van der Waals surface area contributed by atoms with Gasteiger partial charge in [0.1, 0.15) is 5.82 Å². The Hall–Kier alpha value is -3.13. The van der Waals surface area contributed by atoms with E-state index in [9.17, 15) is 4.79 Å². The summed E-state index contributed by atoms with van der Waals surface area (Å²) < 4.78 is 0. The van der Waals surface area contributed by atoms with Gasteiger partial charge in [-0.3, -0.25) is 0 Å². The molecule has 0 saturated heterocycles. The highest BCUT2D eigenvalue weighted by Gasteiger charge is 2.09. The summed E-state index contributed by atoms with van der Waals surface area (Å²) in [6.07, 6.45) is 4.23. The van der Waals surface area contributed by atoms with Crippen molar-refractivity contribution < 1.29 is 9.90 Å². The van der Waals surface area contributed by atoms with Crippen molar-refractivity contribution in [1.29, 1.82) is 5.26 Å². The molecule has 2 rings (SSSR count). The maximum atomic E-state index is 10.6. The van der Waals surface area contributed by atoms with Crippen LogP contribution < -0.4 is 4.90 Å². The molecule has 0 fully saturated rings. The summed E-state index contributed by atoms with van der Waals surface area (Å²) >= 11 is 0. The summed E-state index contributed by atoms with van der Waals surface area (Å²) in [5.74, 6) is -0.370. The number of nitriles is 1. The molecule has 0 spiro atoms. The molecule has 0 atom stereocenters. The molecule has 1 aromatic heterocycles. The molecule has 0 aliphatic carbocycles. The van der Waals surface area contributed by atoms with Crippen LogP contribution >= 0.6 is 0 Å². The highest BCUT2D eigenvalue weighted by molar-refractivity contribution is 5.87. The molecule has 2 aromatic rings. The first kappa shape index (κ1) is 14.3. The van der Waals surface area contributed by atoms with Crippen LogP contribution in [0.3, 0.4) is 0 Å². The van der Waals surface area contributed by atoms with Crippen LogP contribution in [-0.4, -0.2) is 23.1 Å². The highest BCUT2D eigenvalue weighted by atomic mass is 16.4. The molecule has 0 aliphatic heterocycles. The van der Waals surface area contributed by atoms with Crippen LogP contribution in [0.1, 0.15) is 11.1 Å². The van der Waals surface area contributed by atoms with Gasteiger partial charge in [-0.25, -0.2) is 9.78 Å². The first-order valence-electron chi connectivity index (χ1n) is 6.21. The number of aromatic nitrogens is 1. The molecular weight excluding hydrogens is 266 g/mol. The van der Waals surface area contributed by atoms with Gasteiger partial charge >= 0.3 is 5.97 Å². The van der Waals surface area contributed by atoms with Crippen molar-refractivity contribution in [2.45, 2.75) is 0 Å². The lowest BCUT2D eigenvalue weighted by atomic mass is 10.2. The van der Waals surface area contributed by atoms with Crippen molar-refractivity contribution in [2.75, 3.05) is 11.9 Å². The van der Waals surface area contributed by atoms with Gasteiger partial charge in [0, 0.05) is 30.6 Å². The molecule has 0 saturated carbocycles. The smallest absolute Gasteiger partial charge is 0.328 e. The minimum Gasteiger partial charge on any atom is -0.478 e. The fourth-order valence-electron chi connectivity index (χ4n) is 1.86. The number of carboxylic acid groups (broad SMARTS) is 1. The van der Waals surface area contributed by atoms with Gasteiger partial charge in [-0.15, -0.1) is 0 Å². The quantitative estimate of drug-likeness (QED) is 0.871. The highest BCUT2D eigenvalue weighted by Crippen LogP contribution is 2.25. The van der Waals surface area contributed by atoms with Crippen molar-refractivity contribution in [3.05, 3.63) is 59.8 Å². The Kier molecular flexibility index (Phi) is 4.32. The van der Waals surface area contributed by atoms with Crippen molar-refractivity contribution in [2.24, 2.45) is 0 Å². The van der Waals surface area contributed by atoms with E-state index in [-0.39, 0.29) is 0 Å². The zero-order chi connectivity index (χ0) is 15.2. The maximum Gasteiger partial charge on any atom is 0.328 e. The average Bonchev–Trinajstić information content (AvgIpc) is 2.52. The Balaban J connectivity index is 2.36. The summed E-state index contributed by atoms with van der Waals surface area (Å²) in [5, 5.41) is 17.5. The van der Waals surface area contributed by atoms with Crippen molar-refractivity contribution in [3.8, 4) is 6.07 Å². The minimum atomic E-state index is -1.01. The molecular formula is C16H13N3O2. The van der Waals surface area contributed by atoms with E-state index >= 15 is 0 Å². The predicted octanol–water partition coefficient (Wildman–Crippen LogP) is 2.82. The Labute approximate surface area is 122 Å². The van der Waals surface area contributed by atoms with Crippen LogP contribution in [0.4, 0.5) is 11.5 Å². The van der Waals surface area contributed by atoms with Crippen LogP contribution in [0.2, 0.25) is 0 Å². The molecule has 5 nitrogen and oxygen atoms in total. The molecule has 0 amide bonds. The van der Waals surface area contributed by atoms with Gasteiger partial charge in [-0.05, 0) is 42.5 Å². The van der Waals surface area contributed by atoms with Gasteiger partial charge in [-0.1, -0.05) is 0 Å². The third-order valence-corrected chi connectivity index (χ3v) is 2.92. The minimum absolute atomic E-state index is 0.583. The number of aliphatic carboxylic acids is 1. The van der Waals surface area contributed by atoms with Crippen LogP contribution in [0.5, 0.6) is 0 Å².